The molecular weight excluding hydrogens is 144 g/mol. The lowest BCUT2D eigenvalue weighted by Gasteiger charge is -2.18. The molecule has 0 N–H and O–H groups in total. The van der Waals surface area contributed by atoms with Crippen molar-refractivity contribution in [1.29, 1.82) is 0 Å². The van der Waals surface area contributed by atoms with Crippen LogP contribution in [-0.2, 0) is 0 Å². The molecule has 12 heavy (non-hydrogen) atoms. The average molecular weight is 160 g/mol. The summed E-state index contributed by atoms with van der Waals surface area (Å²) < 4.78 is 0. The van der Waals surface area contributed by atoms with E-state index in [1.807, 2.05) is 0 Å². The smallest absolute Gasteiger partial charge is 0.0279 e. The predicted octanol–water partition coefficient (Wildman–Crippen LogP) is 3.76. The summed E-state index contributed by atoms with van der Waals surface area (Å²) >= 11 is 0. The monoisotopic (exact) mass is 160 g/mol. The van der Waals surface area contributed by atoms with Gasteiger partial charge in [0.1, 0.15) is 0 Å². The van der Waals surface area contributed by atoms with Crippen molar-refractivity contribution in [1.82, 2.24) is 0 Å². The molecule has 0 nitrogen and oxygen atoms in total. The standard InChI is InChI=1S/C12H16/c1-2-4-8-12-10-6-5-9-11(12)7-3-1/h1-3,7H,4-6,8-10H2/b2-1-,7-3-. The summed E-state index contributed by atoms with van der Waals surface area (Å²) in [5.41, 5.74) is 3.35. The van der Waals surface area contributed by atoms with Crippen molar-refractivity contribution >= 4 is 0 Å². The summed E-state index contributed by atoms with van der Waals surface area (Å²) in [6.07, 6.45) is 17.0. The van der Waals surface area contributed by atoms with Gasteiger partial charge in [-0.2, -0.15) is 0 Å². The Morgan fingerprint density at radius 2 is 1.83 bits per heavy atom. The van der Waals surface area contributed by atoms with Crippen LogP contribution in [0.3, 0.4) is 0 Å². The van der Waals surface area contributed by atoms with E-state index in [2.05, 4.69) is 24.3 Å². The van der Waals surface area contributed by atoms with Crippen LogP contribution in [0.25, 0.3) is 0 Å². The van der Waals surface area contributed by atoms with Crippen molar-refractivity contribution in [3.63, 3.8) is 0 Å². The molecule has 0 bridgehead atoms. The first-order valence-corrected chi connectivity index (χ1v) is 5.01. The van der Waals surface area contributed by atoms with Crippen LogP contribution in [0.1, 0.15) is 38.5 Å². The molecule has 2 rings (SSSR count). The van der Waals surface area contributed by atoms with Gasteiger partial charge in [0.25, 0.3) is 0 Å². The van der Waals surface area contributed by atoms with E-state index in [1.54, 1.807) is 11.1 Å². The number of allylic oxidation sites excluding steroid dienone is 6. The summed E-state index contributed by atoms with van der Waals surface area (Å²) in [5, 5.41) is 0. The van der Waals surface area contributed by atoms with Crippen molar-refractivity contribution in [3.05, 3.63) is 35.5 Å². The van der Waals surface area contributed by atoms with Crippen molar-refractivity contribution in [2.24, 2.45) is 0 Å². The van der Waals surface area contributed by atoms with Gasteiger partial charge in [-0.05, 0) is 44.1 Å². The third-order valence-corrected chi connectivity index (χ3v) is 2.79. The molecule has 0 heteroatoms. The van der Waals surface area contributed by atoms with Crippen LogP contribution >= 0.6 is 0 Å². The first-order chi connectivity index (χ1) is 5.97. The van der Waals surface area contributed by atoms with Crippen LogP contribution in [0, 0.1) is 0 Å². The Kier molecular flexibility index (Phi) is 2.45. The van der Waals surface area contributed by atoms with Gasteiger partial charge in [-0.25, -0.2) is 0 Å². The Balaban J connectivity index is 2.22. The molecule has 0 radical (unpaired) electrons. The lowest BCUT2D eigenvalue weighted by atomic mass is 9.88. The molecule has 2 aliphatic rings. The van der Waals surface area contributed by atoms with E-state index in [4.69, 9.17) is 0 Å². The van der Waals surface area contributed by atoms with Gasteiger partial charge in [0.15, 0.2) is 0 Å². The van der Waals surface area contributed by atoms with E-state index in [-0.39, 0.29) is 0 Å². The molecule has 0 aliphatic heterocycles. The molecule has 0 aromatic carbocycles. The lowest BCUT2D eigenvalue weighted by Crippen LogP contribution is -1.98. The van der Waals surface area contributed by atoms with E-state index in [0.717, 1.165) is 0 Å². The minimum Gasteiger partial charge on any atom is -0.0842 e. The topological polar surface area (TPSA) is 0 Å². The van der Waals surface area contributed by atoms with E-state index >= 15 is 0 Å². The summed E-state index contributed by atoms with van der Waals surface area (Å²) in [6.45, 7) is 0. The average Bonchev–Trinajstić information content (AvgIpc) is 2.06. The van der Waals surface area contributed by atoms with Crippen molar-refractivity contribution in [3.8, 4) is 0 Å². The van der Waals surface area contributed by atoms with E-state index in [9.17, 15) is 0 Å². The van der Waals surface area contributed by atoms with E-state index in [0.29, 0.717) is 0 Å². The molecule has 0 amide bonds. The maximum Gasteiger partial charge on any atom is -0.0279 e. The zero-order valence-electron chi connectivity index (χ0n) is 7.55. The van der Waals surface area contributed by atoms with E-state index < -0.39 is 0 Å². The molecule has 0 aromatic heterocycles. The second-order valence-electron chi connectivity index (χ2n) is 3.66. The fourth-order valence-corrected chi connectivity index (χ4v) is 2.08. The van der Waals surface area contributed by atoms with Gasteiger partial charge in [0.05, 0.1) is 0 Å². The molecule has 0 saturated carbocycles. The molecule has 2 aliphatic carbocycles. The number of rotatable bonds is 0. The van der Waals surface area contributed by atoms with Crippen LogP contribution in [-0.4, -0.2) is 0 Å². The summed E-state index contributed by atoms with van der Waals surface area (Å²) in [4.78, 5) is 0. The predicted molar refractivity (Wildman–Crippen MR) is 53.0 cm³/mol. The maximum absolute atomic E-state index is 2.31. The Morgan fingerprint density at radius 3 is 2.83 bits per heavy atom. The second-order valence-corrected chi connectivity index (χ2v) is 3.66. The Hall–Kier alpha value is -0.780. The zero-order chi connectivity index (χ0) is 8.23. The molecular formula is C12H16. The van der Waals surface area contributed by atoms with E-state index in [1.165, 1.54) is 38.5 Å². The molecule has 0 aromatic rings. The zero-order valence-corrected chi connectivity index (χ0v) is 7.55. The number of hydrogen-bond acceptors (Lipinski definition) is 0. The summed E-state index contributed by atoms with van der Waals surface area (Å²) in [7, 11) is 0. The molecule has 0 spiro atoms. The minimum atomic E-state index is 1.24. The SMILES string of the molecule is C1=C\CCC2=C(\C=C/1)CCCC2. The van der Waals surface area contributed by atoms with Gasteiger partial charge < -0.3 is 0 Å². The molecule has 0 saturated heterocycles. The number of hydrogen-bond donors (Lipinski definition) is 0. The van der Waals surface area contributed by atoms with Crippen molar-refractivity contribution < 1.29 is 0 Å². The largest absolute Gasteiger partial charge is 0.0842 e. The second kappa shape index (κ2) is 3.75. The summed E-state index contributed by atoms with van der Waals surface area (Å²) in [6, 6.07) is 0. The van der Waals surface area contributed by atoms with Crippen molar-refractivity contribution in [2.75, 3.05) is 0 Å². The fourth-order valence-electron chi connectivity index (χ4n) is 2.08. The molecule has 64 valence electrons. The maximum atomic E-state index is 2.31. The minimum absolute atomic E-state index is 1.24. The highest BCUT2D eigenvalue weighted by Gasteiger charge is 2.09. The van der Waals surface area contributed by atoms with Gasteiger partial charge >= 0.3 is 0 Å². The quantitative estimate of drug-likeness (QED) is 0.506. The van der Waals surface area contributed by atoms with Crippen molar-refractivity contribution in [2.45, 2.75) is 38.5 Å². The normalized spacial score (nSPS) is 28.7. The van der Waals surface area contributed by atoms with Crippen LogP contribution in [0.2, 0.25) is 0 Å². The molecule has 0 atom stereocenters. The van der Waals surface area contributed by atoms with Gasteiger partial charge in [0.2, 0.25) is 0 Å². The van der Waals surface area contributed by atoms with Gasteiger partial charge in [-0.15, -0.1) is 0 Å². The highest BCUT2D eigenvalue weighted by molar-refractivity contribution is 5.31. The third-order valence-electron chi connectivity index (χ3n) is 2.79. The summed E-state index contributed by atoms with van der Waals surface area (Å²) in [5.74, 6) is 0. The molecule has 0 fully saturated rings. The highest BCUT2D eigenvalue weighted by Crippen LogP contribution is 2.29. The van der Waals surface area contributed by atoms with Gasteiger partial charge in [-0.1, -0.05) is 29.9 Å². The first kappa shape index (κ1) is 7.85. The highest BCUT2D eigenvalue weighted by atomic mass is 14.2. The van der Waals surface area contributed by atoms with Gasteiger partial charge in [-0.3, -0.25) is 0 Å². The Labute approximate surface area is 74.7 Å². The van der Waals surface area contributed by atoms with Crippen LogP contribution in [0.15, 0.2) is 35.5 Å². The molecule has 0 unspecified atom stereocenters. The van der Waals surface area contributed by atoms with Gasteiger partial charge in [0, 0.05) is 0 Å². The third kappa shape index (κ3) is 1.69. The molecule has 0 heterocycles. The van der Waals surface area contributed by atoms with Crippen LogP contribution < -0.4 is 0 Å². The first-order valence-electron chi connectivity index (χ1n) is 5.01. The fraction of sp³-hybridized carbons (Fsp3) is 0.500. The Bertz CT molecular complexity index is 241. The van der Waals surface area contributed by atoms with Crippen LogP contribution in [0.4, 0.5) is 0 Å². The van der Waals surface area contributed by atoms with Crippen LogP contribution in [0.5, 0.6) is 0 Å². The lowest BCUT2D eigenvalue weighted by molar-refractivity contribution is 0.657. The Morgan fingerprint density at radius 1 is 0.917 bits per heavy atom.